The van der Waals surface area contributed by atoms with E-state index in [9.17, 15) is 13.0 Å². The molecule has 0 aliphatic carbocycles. The molecule has 5 heteroatoms. The zero-order chi connectivity index (χ0) is 22.7. The fourth-order valence-electron chi connectivity index (χ4n) is 4.92. The van der Waals surface area contributed by atoms with E-state index in [1.54, 1.807) is 28.7 Å². The number of hydrogen-bond donors (Lipinski definition) is 0. The molecule has 0 aromatic heterocycles. The second kappa shape index (κ2) is 7.52. The highest BCUT2D eigenvalue weighted by molar-refractivity contribution is 7.86. The first-order valence-corrected chi connectivity index (χ1v) is 13.0. The van der Waals surface area contributed by atoms with Gasteiger partial charge in [0.25, 0.3) is 22.6 Å². The summed E-state index contributed by atoms with van der Waals surface area (Å²) in [5.74, 6) is 0. The molecule has 160 valence electrons. The third kappa shape index (κ3) is 3.14. The highest BCUT2D eigenvalue weighted by Crippen LogP contribution is 2.46. The Labute approximate surface area is 204 Å². The average Bonchev–Trinajstić information content (AvgIpc) is 2.82. The molecule has 0 bridgehead atoms. The van der Waals surface area contributed by atoms with Crippen LogP contribution in [0.1, 0.15) is 0 Å². The minimum absolute atomic E-state index is 0.129. The van der Waals surface area contributed by atoms with Crippen LogP contribution in [0.25, 0.3) is 54.6 Å². The van der Waals surface area contributed by atoms with Gasteiger partial charge in [0.1, 0.15) is 15.0 Å². The summed E-state index contributed by atoms with van der Waals surface area (Å²) in [5.41, 5.74) is 3.74. The predicted molar refractivity (Wildman–Crippen MR) is 129 cm³/mol. The Morgan fingerprint density at radius 1 is 0.636 bits per heavy atom. The summed E-state index contributed by atoms with van der Waals surface area (Å²) >= 11 is 1.65. The summed E-state index contributed by atoms with van der Waals surface area (Å²) in [6, 6.07) is 31.8. The SMILES string of the molecule is O=S(=O)([O-])c1c([IH+])c(-c2ccccc2)c2c(-c3ccccc3)cc3cccc4ccc1c2c43. The van der Waals surface area contributed by atoms with Crippen molar-refractivity contribution >= 4 is 42.4 Å². The Morgan fingerprint density at radius 2 is 1.27 bits per heavy atom. The molecule has 0 saturated heterocycles. The van der Waals surface area contributed by atoms with Crippen molar-refractivity contribution in [3.63, 3.8) is 0 Å². The van der Waals surface area contributed by atoms with E-state index in [4.69, 9.17) is 0 Å². The molecule has 6 aromatic carbocycles. The molecule has 6 aromatic rings. The maximum Gasteiger partial charge on any atom is 0.298 e. The topological polar surface area (TPSA) is 57.2 Å². The fraction of sp³-hybridized carbons (Fsp3) is 0. The van der Waals surface area contributed by atoms with Gasteiger partial charge in [-0.1, -0.05) is 91.0 Å². The summed E-state index contributed by atoms with van der Waals surface area (Å²) in [7, 11) is -4.71. The molecule has 3 nitrogen and oxygen atoms in total. The lowest BCUT2D eigenvalue weighted by atomic mass is 9.85. The molecule has 0 atom stereocenters. The monoisotopic (exact) mass is 560 g/mol. The molecular weight excluding hydrogens is 543 g/mol. The minimum Gasteiger partial charge on any atom is -0.744 e. The lowest BCUT2D eigenvalue weighted by molar-refractivity contribution is -0.332. The van der Waals surface area contributed by atoms with Crippen LogP contribution in [0.5, 0.6) is 0 Å². The second-order valence-corrected chi connectivity index (χ2v) is 10.6. The van der Waals surface area contributed by atoms with E-state index in [0.717, 1.165) is 49.2 Å². The van der Waals surface area contributed by atoms with Crippen molar-refractivity contribution in [3.8, 4) is 22.3 Å². The van der Waals surface area contributed by atoms with Gasteiger partial charge in [-0.15, -0.1) is 0 Å². The molecule has 0 N–H and O–H groups in total. The van der Waals surface area contributed by atoms with Gasteiger partial charge in [-0.3, -0.25) is 0 Å². The van der Waals surface area contributed by atoms with Crippen LogP contribution in [-0.4, -0.2) is 13.0 Å². The maximum atomic E-state index is 12.6. The molecule has 0 aliphatic rings. The number of hydrogen-bond acceptors (Lipinski definition) is 3. The van der Waals surface area contributed by atoms with Gasteiger partial charge >= 0.3 is 0 Å². The summed E-state index contributed by atoms with van der Waals surface area (Å²) in [6.45, 7) is 0. The van der Waals surface area contributed by atoms with Gasteiger partial charge < -0.3 is 4.55 Å². The Morgan fingerprint density at radius 3 is 1.94 bits per heavy atom. The Balaban J connectivity index is 1.99. The lowest BCUT2D eigenvalue weighted by Gasteiger charge is -2.21. The first-order chi connectivity index (χ1) is 15.9. The Bertz CT molecular complexity index is 1780. The van der Waals surface area contributed by atoms with E-state index in [0.29, 0.717) is 8.96 Å². The normalized spacial score (nSPS) is 12.2. The van der Waals surface area contributed by atoms with Crippen molar-refractivity contribution in [2.24, 2.45) is 0 Å². The molecule has 0 unspecified atom stereocenters. The van der Waals surface area contributed by atoms with Gasteiger partial charge in [0.2, 0.25) is 3.57 Å². The predicted octanol–water partition coefficient (Wildman–Crippen LogP) is 3.28. The summed E-state index contributed by atoms with van der Waals surface area (Å²) < 4.78 is 38.2. The highest BCUT2D eigenvalue weighted by atomic mass is 127. The summed E-state index contributed by atoms with van der Waals surface area (Å²) in [6.07, 6.45) is 0. The van der Waals surface area contributed by atoms with E-state index in [2.05, 4.69) is 18.2 Å². The molecule has 0 radical (unpaired) electrons. The van der Waals surface area contributed by atoms with Crippen molar-refractivity contribution in [1.82, 2.24) is 0 Å². The Kier molecular flexibility index (Phi) is 4.69. The van der Waals surface area contributed by atoms with Crippen LogP contribution in [0.4, 0.5) is 0 Å². The minimum atomic E-state index is -4.71. The van der Waals surface area contributed by atoms with Crippen molar-refractivity contribution in [2.75, 3.05) is 0 Å². The first-order valence-electron chi connectivity index (χ1n) is 10.5. The third-order valence-electron chi connectivity index (χ3n) is 6.22. The van der Waals surface area contributed by atoms with E-state index >= 15 is 0 Å². The molecule has 0 spiro atoms. The quantitative estimate of drug-likeness (QED) is 0.190. The van der Waals surface area contributed by atoms with Crippen molar-refractivity contribution in [1.29, 1.82) is 0 Å². The smallest absolute Gasteiger partial charge is 0.298 e. The van der Waals surface area contributed by atoms with Crippen LogP contribution in [0.3, 0.4) is 0 Å². The molecule has 0 aliphatic heterocycles. The van der Waals surface area contributed by atoms with Crippen LogP contribution in [0.2, 0.25) is 0 Å². The van der Waals surface area contributed by atoms with Gasteiger partial charge in [0.15, 0.2) is 0 Å². The number of halogens is 1. The summed E-state index contributed by atoms with van der Waals surface area (Å²) in [5, 5.41) is 5.30. The second-order valence-electron chi connectivity index (χ2n) is 8.09. The van der Waals surface area contributed by atoms with Gasteiger partial charge in [0.05, 0.1) is 0 Å². The number of benzene rings is 6. The van der Waals surface area contributed by atoms with Crippen LogP contribution < -0.4 is 22.6 Å². The van der Waals surface area contributed by atoms with Crippen molar-refractivity contribution in [2.45, 2.75) is 4.90 Å². The third-order valence-corrected chi connectivity index (χ3v) is 8.71. The Hall–Kier alpha value is -3.00. The van der Waals surface area contributed by atoms with Crippen LogP contribution in [0.15, 0.2) is 102 Å². The van der Waals surface area contributed by atoms with Gasteiger partial charge in [0, 0.05) is 21.7 Å². The zero-order valence-corrected chi connectivity index (χ0v) is 20.4. The van der Waals surface area contributed by atoms with E-state index in [-0.39, 0.29) is 4.90 Å². The standard InChI is InChI=1S/C28H17IO3S/c29-27-24(18-10-5-2-6-11-18)26-22(17-8-3-1-4-9-17)16-20-13-7-12-19-14-15-21(25(26)23(19)20)28(27)33(30,31)32/h1-16,29H. The molecule has 33 heavy (non-hydrogen) atoms. The lowest BCUT2D eigenvalue weighted by Crippen LogP contribution is -3.34. The molecule has 6 rings (SSSR count). The van der Waals surface area contributed by atoms with Crippen LogP contribution in [0, 0.1) is 3.57 Å². The molecule has 0 saturated carbocycles. The maximum absolute atomic E-state index is 12.6. The van der Waals surface area contributed by atoms with Crippen molar-refractivity contribution in [3.05, 3.63) is 101 Å². The summed E-state index contributed by atoms with van der Waals surface area (Å²) in [4.78, 5) is -0.129. The number of rotatable bonds is 3. The highest BCUT2D eigenvalue weighted by Gasteiger charge is 2.29. The zero-order valence-electron chi connectivity index (χ0n) is 17.3. The fourth-order valence-corrected chi connectivity index (χ4v) is 7.51. The molecule has 0 heterocycles. The molecule has 0 amide bonds. The van der Waals surface area contributed by atoms with E-state index < -0.39 is 10.1 Å². The van der Waals surface area contributed by atoms with Crippen LogP contribution in [-0.2, 0) is 10.1 Å². The van der Waals surface area contributed by atoms with Gasteiger partial charge in [-0.2, -0.15) is 0 Å². The largest absolute Gasteiger partial charge is 0.744 e. The first kappa shape index (κ1) is 20.6. The van der Waals surface area contributed by atoms with E-state index in [1.807, 2.05) is 72.8 Å². The van der Waals surface area contributed by atoms with Crippen LogP contribution >= 0.6 is 0 Å². The van der Waals surface area contributed by atoms with Gasteiger partial charge in [-0.25, -0.2) is 8.42 Å². The van der Waals surface area contributed by atoms with E-state index in [1.165, 1.54) is 0 Å². The van der Waals surface area contributed by atoms with Crippen molar-refractivity contribution < 1.29 is 35.6 Å². The van der Waals surface area contributed by atoms with Gasteiger partial charge in [-0.05, 0) is 38.9 Å². The molecule has 0 fully saturated rings. The average molecular weight is 560 g/mol. The molecular formula is C28H17IO3S.